The van der Waals surface area contributed by atoms with E-state index in [1.807, 2.05) is 6.92 Å². The highest BCUT2D eigenvalue weighted by Crippen LogP contribution is 2.25. The third-order valence-electron chi connectivity index (χ3n) is 4.41. The summed E-state index contributed by atoms with van der Waals surface area (Å²) >= 11 is 0. The van der Waals surface area contributed by atoms with Crippen LogP contribution in [0, 0.1) is 5.92 Å². The molecule has 0 aromatic heterocycles. The van der Waals surface area contributed by atoms with Crippen LogP contribution < -0.4 is 0 Å². The van der Waals surface area contributed by atoms with Crippen molar-refractivity contribution in [1.29, 1.82) is 0 Å². The molecule has 118 valence electrons. The number of piperidine rings is 1. The first-order valence-electron chi connectivity index (χ1n) is 7.85. The van der Waals surface area contributed by atoms with Crippen LogP contribution >= 0.6 is 0 Å². The largest absolute Gasteiger partial charge is 0.480 e. The Kier molecular flexibility index (Phi) is 5.20. The summed E-state index contributed by atoms with van der Waals surface area (Å²) in [4.78, 5) is 39.0. The molecular formula is C15H24N2O4. The average Bonchev–Trinajstić information content (AvgIpc) is 2.96. The van der Waals surface area contributed by atoms with Gasteiger partial charge < -0.3 is 14.9 Å². The molecule has 2 rings (SSSR count). The molecular weight excluding hydrogens is 272 g/mol. The quantitative estimate of drug-likeness (QED) is 0.842. The number of carboxylic acid groups (broad SMARTS) is 1. The standard InChI is InChI=1S/C15H24N2O4/c1-2-5-13(18)16-8-3-6-11(10-16)14(19)17-9-4-7-12(17)15(20)21/h11-12H,2-10H2,1H3,(H,20,21)/t11?,12-/m0/s1. The van der Waals surface area contributed by atoms with Crippen LogP contribution in [0.1, 0.15) is 45.4 Å². The first-order valence-corrected chi connectivity index (χ1v) is 7.85. The van der Waals surface area contributed by atoms with E-state index in [-0.39, 0.29) is 17.7 Å². The normalized spacial score (nSPS) is 26.0. The van der Waals surface area contributed by atoms with E-state index in [9.17, 15) is 19.5 Å². The van der Waals surface area contributed by atoms with Crippen LogP contribution in [0.25, 0.3) is 0 Å². The summed E-state index contributed by atoms with van der Waals surface area (Å²) in [5, 5.41) is 9.18. The fraction of sp³-hybridized carbons (Fsp3) is 0.800. The average molecular weight is 296 g/mol. The van der Waals surface area contributed by atoms with Crippen molar-refractivity contribution in [1.82, 2.24) is 9.80 Å². The van der Waals surface area contributed by atoms with Gasteiger partial charge in [-0.3, -0.25) is 9.59 Å². The van der Waals surface area contributed by atoms with Gasteiger partial charge in [0.1, 0.15) is 6.04 Å². The second-order valence-corrected chi connectivity index (χ2v) is 5.96. The van der Waals surface area contributed by atoms with E-state index in [1.165, 1.54) is 4.90 Å². The van der Waals surface area contributed by atoms with Gasteiger partial charge >= 0.3 is 5.97 Å². The summed E-state index contributed by atoms with van der Waals surface area (Å²) in [6.45, 7) is 3.65. The lowest BCUT2D eigenvalue weighted by molar-refractivity contribution is -0.151. The minimum absolute atomic E-state index is 0.0890. The van der Waals surface area contributed by atoms with Gasteiger partial charge in [0.15, 0.2) is 0 Å². The molecule has 2 saturated heterocycles. The van der Waals surface area contributed by atoms with Gasteiger partial charge in [-0.1, -0.05) is 6.92 Å². The maximum absolute atomic E-state index is 12.6. The van der Waals surface area contributed by atoms with E-state index < -0.39 is 12.0 Å². The van der Waals surface area contributed by atoms with E-state index in [0.29, 0.717) is 32.5 Å². The molecule has 0 aromatic carbocycles. The minimum Gasteiger partial charge on any atom is -0.480 e. The van der Waals surface area contributed by atoms with Gasteiger partial charge in [-0.05, 0) is 32.1 Å². The van der Waals surface area contributed by atoms with Crippen molar-refractivity contribution >= 4 is 17.8 Å². The Morgan fingerprint density at radius 2 is 1.86 bits per heavy atom. The Hall–Kier alpha value is -1.59. The molecule has 0 aliphatic carbocycles. The van der Waals surface area contributed by atoms with Crippen molar-refractivity contribution in [3.05, 3.63) is 0 Å². The van der Waals surface area contributed by atoms with Gasteiger partial charge in [0, 0.05) is 26.1 Å². The Labute approximate surface area is 125 Å². The number of aliphatic carboxylic acids is 1. The second kappa shape index (κ2) is 6.91. The SMILES string of the molecule is CCCC(=O)N1CCCC(C(=O)N2CCC[C@H]2C(=O)O)C1. The Balaban J connectivity index is 1.98. The Bertz CT molecular complexity index is 424. The molecule has 2 heterocycles. The number of likely N-dealkylation sites (tertiary alicyclic amines) is 2. The molecule has 0 spiro atoms. The zero-order valence-electron chi connectivity index (χ0n) is 12.6. The molecule has 1 unspecified atom stereocenters. The predicted molar refractivity (Wildman–Crippen MR) is 76.6 cm³/mol. The molecule has 0 saturated carbocycles. The van der Waals surface area contributed by atoms with Gasteiger partial charge in [0.2, 0.25) is 11.8 Å². The summed E-state index contributed by atoms with van der Waals surface area (Å²) in [6, 6.07) is -0.681. The highest BCUT2D eigenvalue weighted by Gasteiger charge is 2.38. The molecule has 2 amide bonds. The van der Waals surface area contributed by atoms with Gasteiger partial charge in [-0.15, -0.1) is 0 Å². The molecule has 6 heteroatoms. The summed E-state index contributed by atoms with van der Waals surface area (Å²) in [7, 11) is 0. The van der Waals surface area contributed by atoms with E-state index in [0.717, 1.165) is 25.7 Å². The molecule has 2 aliphatic rings. The van der Waals surface area contributed by atoms with Gasteiger partial charge in [-0.2, -0.15) is 0 Å². The van der Waals surface area contributed by atoms with Gasteiger partial charge in [0.25, 0.3) is 0 Å². The summed E-state index contributed by atoms with van der Waals surface area (Å²) in [6.07, 6.45) is 4.17. The zero-order valence-corrected chi connectivity index (χ0v) is 12.6. The Morgan fingerprint density at radius 3 is 2.52 bits per heavy atom. The minimum atomic E-state index is -0.921. The van der Waals surface area contributed by atoms with Crippen molar-refractivity contribution in [3.63, 3.8) is 0 Å². The summed E-state index contributed by atoms with van der Waals surface area (Å²) in [5.74, 6) is -1.14. The van der Waals surface area contributed by atoms with Crippen molar-refractivity contribution in [3.8, 4) is 0 Å². The first kappa shape index (κ1) is 15.8. The van der Waals surface area contributed by atoms with Crippen molar-refractivity contribution in [2.24, 2.45) is 5.92 Å². The van der Waals surface area contributed by atoms with Crippen LogP contribution in [0.5, 0.6) is 0 Å². The molecule has 0 aromatic rings. The van der Waals surface area contributed by atoms with E-state index in [2.05, 4.69) is 0 Å². The highest BCUT2D eigenvalue weighted by molar-refractivity contribution is 5.86. The number of rotatable bonds is 4. The number of amides is 2. The monoisotopic (exact) mass is 296 g/mol. The van der Waals surface area contributed by atoms with E-state index in [4.69, 9.17) is 0 Å². The molecule has 21 heavy (non-hydrogen) atoms. The number of carbonyl (C=O) groups is 3. The third kappa shape index (κ3) is 3.54. The lowest BCUT2D eigenvalue weighted by atomic mass is 9.95. The third-order valence-corrected chi connectivity index (χ3v) is 4.41. The number of carbonyl (C=O) groups excluding carboxylic acids is 2. The maximum atomic E-state index is 12.6. The molecule has 1 N–H and O–H groups in total. The number of nitrogens with zero attached hydrogens (tertiary/aromatic N) is 2. The molecule has 2 fully saturated rings. The maximum Gasteiger partial charge on any atom is 0.326 e. The van der Waals surface area contributed by atoms with Crippen molar-refractivity contribution in [2.75, 3.05) is 19.6 Å². The molecule has 2 aliphatic heterocycles. The van der Waals surface area contributed by atoms with Crippen LogP contribution in [0.4, 0.5) is 0 Å². The molecule has 2 atom stereocenters. The van der Waals surface area contributed by atoms with Crippen molar-refractivity contribution < 1.29 is 19.5 Å². The van der Waals surface area contributed by atoms with Crippen LogP contribution in [0.15, 0.2) is 0 Å². The first-order chi connectivity index (χ1) is 10.0. The summed E-state index contributed by atoms with van der Waals surface area (Å²) in [5.41, 5.74) is 0. The van der Waals surface area contributed by atoms with E-state index in [1.54, 1.807) is 4.90 Å². The van der Waals surface area contributed by atoms with Gasteiger partial charge in [-0.25, -0.2) is 4.79 Å². The number of hydrogen-bond acceptors (Lipinski definition) is 3. The summed E-state index contributed by atoms with van der Waals surface area (Å²) < 4.78 is 0. The lowest BCUT2D eigenvalue weighted by Crippen LogP contribution is -2.49. The topological polar surface area (TPSA) is 77.9 Å². The highest BCUT2D eigenvalue weighted by atomic mass is 16.4. The van der Waals surface area contributed by atoms with Crippen LogP contribution in [-0.2, 0) is 14.4 Å². The predicted octanol–water partition coefficient (Wildman–Crippen LogP) is 1.10. The smallest absolute Gasteiger partial charge is 0.326 e. The van der Waals surface area contributed by atoms with Crippen LogP contribution in [-0.4, -0.2) is 58.4 Å². The fourth-order valence-corrected chi connectivity index (χ4v) is 3.30. The number of hydrogen-bond donors (Lipinski definition) is 1. The molecule has 0 bridgehead atoms. The number of carboxylic acids is 1. The molecule has 6 nitrogen and oxygen atoms in total. The molecule has 0 radical (unpaired) electrons. The van der Waals surface area contributed by atoms with E-state index >= 15 is 0 Å². The van der Waals surface area contributed by atoms with Crippen LogP contribution in [0.3, 0.4) is 0 Å². The Morgan fingerprint density at radius 1 is 1.14 bits per heavy atom. The fourth-order valence-electron chi connectivity index (χ4n) is 3.30. The van der Waals surface area contributed by atoms with Crippen molar-refractivity contribution in [2.45, 2.75) is 51.5 Å². The lowest BCUT2D eigenvalue weighted by Gasteiger charge is -2.35. The van der Waals surface area contributed by atoms with Gasteiger partial charge in [0.05, 0.1) is 5.92 Å². The second-order valence-electron chi connectivity index (χ2n) is 5.96. The zero-order chi connectivity index (χ0) is 15.4. The van der Waals surface area contributed by atoms with Crippen LogP contribution in [0.2, 0.25) is 0 Å².